The lowest BCUT2D eigenvalue weighted by Gasteiger charge is -2.01. The Balaban J connectivity index is 1.46. The van der Waals surface area contributed by atoms with Gasteiger partial charge in [0, 0.05) is 39.2 Å². The van der Waals surface area contributed by atoms with Crippen LogP contribution in [0.4, 0.5) is 5.13 Å². The second kappa shape index (κ2) is 9.84. The predicted molar refractivity (Wildman–Crippen MR) is 128 cm³/mol. The minimum Gasteiger partial charge on any atom is -0.457 e. The van der Waals surface area contributed by atoms with Gasteiger partial charge in [0.25, 0.3) is 5.91 Å². The average Bonchev–Trinajstić information content (AvgIpc) is 3.43. The summed E-state index contributed by atoms with van der Waals surface area (Å²) in [7, 11) is 0. The van der Waals surface area contributed by atoms with Crippen LogP contribution in [-0.4, -0.2) is 10.9 Å². The predicted octanol–water partition coefficient (Wildman–Crippen LogP) is 6.85. The number of nitrogens with zero attached hydrogens (tertiary/aromatic N) is 2. The minimum atomic E-state index is -0.563. The topological polar surface area (TPSA) is 78.9 Å². The van der Waals surface area contributed by atoms with E-state index in [0.29, 0.717) is 33.1 Å². The van der Waals surface area contributed by atoms with Gasteiger partial charge in [-0.05, 0) is 35.9 Å². The van der Waals surface area contributed by atoms with E-state index in [1.54, 1.807) is 30.5 Å². The second-order valence-corrected chi connectivity index (χ2v) is 8.70. The van der Waals surface area contributed by atoms with Crippen molar-refractivity contribution in [2.75, 3.05) is 5.32 Å². The van der Waals surface area contributed by atoms with Crippen LogP contribution in [0.15, 0.2) is 76.9 Å². The van der Waals surface area contributed by atoms with Crippen molar-refractivity contribution >= 4 is 51.7 Å². The molecule has 5 nitrogen and oxygen atoms in total. The number of furan rings is 1. The van der Waals surface area contributed by atoms with Gasteiger partial charge in [0.05, 0.1) is 0 Å². The van der Waals surface area contributed by atoms with Gasteiger partial charge < -0.3 is 4.42 Å². The lowest BCUT2D eigenvalue weighted by atomic mass is 10.1. The third-order valence-corrected chi connectivity index (χ3v) is 6.00. The number of aromatic nitrogens is 1. The molecule has 0 radical (unpaired) electrons. The minimum absolute atomic E-state index is 0.0974. The molecule has 0 saturated heterocycles. The van der Waals surface area contributed by atoms with Crippen molar-refractivity contribution in [1.82, 2.24) is 4.98 Å². The van der Waals surface area contributed by atoms with Crippen LogP contribution >= 0.6 is 34.5 Å². The molecule has 0 aliphatic heterocycles. The summed E-state index contributed by atoms with van der Waals surface area (Å²) in [5.41, 5.74) is 1.68. The molecule has 0 aliphatic rings. The van der Waals surface area contributed by atoms with Gasteiger partial charge in [-0.25, -0.2) is 4.98 Å². The molecule has 0 fully saturated rings. The van der Waals surface area contributed by atoms with Crippen molar-refractivity contribution < 1.29 is 9.21 Å². The molecule has 0 unspecified atom stereocenters. The van der Waals surface area contributed by atoms with Crippen molar-refractivity contribution in [2.24, 2.45) is 0 Å². The number of anilines is 1. The first-order chi connectivity index (χ1) is 15.5. The van der Waals surface area contributed by atoms with Gasteiger partial charge in [-0.15, -0.1) is 11.3 Å². The molecule has 1 N–H and O–H groups in total. The molecule has 0 bridgehead atoms. The maximum Gasteiger partial charge on any atom is 0.268 e. The summed E-state index contributed by atoms with van der Waals surface area (Å²) < 4.78 is 5.75. The molecule has 0 atom stereocenters. The van der Waals surface area contributed by atoms with E-state index in [1.165, 1.54) is 17.4 Å². The van der Waals surface area contributed by atoms with Crippen molar-refractivity contribution in [3.8, 4) is 17.4 Å². The van der Waals surface area contributed by atoms with Crippen LogP contribution in [0.5, 0.6) is 0 Å². The third kappa shape index (κ3) is 5.27. The van der Waals surface area contributed by atoms with E-state index in [-0.39, 0.29) is 5.57 Å². The van der Waals surface area contributed by atoms with Crippen LogP contribution in [0.25, 0.3) is 17.4 Å². The van der Waals surface area contributed by atoms with Crippen molar-refractivity contribution in [1.29, 1.82) is 5.26 Å². The number of thiazole rings is 1. The number of benzene rings is 2. The SMILES string of the molecule is N#C/C(=C\c1ccc(-c2cccc(Cl)c2)o1)C(=O)Nc1ncc(Cc2ccccc2Cl)s1. The van der Waals surface area contributed by atoms with Crippen molar-refractivity contribution in [3.63, 3.8) is 0 Å². The number of carbonyl (C=O) groups excluding carboxylic acids is 1. The molecule has 0 spiro atoms. The fourth-order valence-corrected chi connectivity index (χ4v) is 4.18. The summed E-state index contributed by atoms with van der Waals surface area (Å²) in [5.74, 6) is 0.401. The highest BCUT2D eigenvalue weighted by atomic mass is 35.5. The molecule has 1 amide bonds. The molecule has 2 heterocycles. The summed E-state index contributed by atoms with van der Waals surface area (Å²) in [4.78, 5) is 17.7. The van der Waals surface area contributed by atoms with Gasteiger partial charge >= 0.3 is 0 Å². The van der Waals surface area contributed by atoms with Crippen LogP contribution in [0.3, 0.4) is 0 Å². The fourth-order valence-electron chi connectivity index (χ4n) is 2.96. The number of hydrogen-bond donors (Lipinski definition) is 1. The van der Waals surface area contributed by atoms with Gasteiger partial charge in [-0.2, -0.15) is 5.26 Å². The first kappa shape index (κ1) is 21.8. The van der Waals surface area contributed by atoms with Gasteiger partial charge in [-0.1, -0.05) is 53.5 Å². The average molecular weight is 480 g/mol. The van der Waals surface area contributed by atoms with E-state index < -0.39 is 5.91 Å². The Morgan fingerprint density at radius 2 is 2.00 bits per heavy atom. The first-order valence-corrected chi connectivity index (χ1v) is 11.1. The lowest BCUT2D eigenvalue weighted by molar-refractivity contribution is -0.112. The number of nitriles is 1. The highest BCUT2D eigenvalue weighted by Crippen LogP contribution is 2.27. The van der Waals surface area contributed by atoms with E-state index >= 15 is 0 Å². The second-order valence-electron chi connectivity index (χ2n) is 6.74. The maximum absolute atomic E-state index is 12.6. The van der Waals surface area contributed by atoms with Crippen molar-refractivity contribution in [2.45, 2.75) is 6.42 Å². The molecule has 32 heavy (non-hydrogen) atoms. The fraction of sp³-hybridized carbons (Fsp3) is 0.0417. The molecule has 4 aromatic rings. The Labute approximate surface area is 198 Å². The number of rotatable bonds is 6. The maximum atomic E-state index is 12.6. The highest BCUT2D eigenvalue weighted by molar-refractivity contribution is 7.15. The largest absolute Gasteiger partial charge is 0.457 e. The smallest absolute Gasteiger partial charge is 0.268 e. The molecular formula is C24H15Cl2N3O2S. The Kier molecular flexibility index (Phi) is 6.72. The zero-order valence-electron chi connectivity index (χ0n) is 16.5. The number of halogens is 2. The van der Waals surface area contributed by atoms with Gasteiger partial charge in [0.15, 0.2) is 5.13 Å². The standard InChI is InChI=1S/C24H15Cl2N3O2S/c25-18-6-3-5-16(10-18)22-9-8-19(31-22)11-17(13-27)23(30)29-24-28-14-20(32-24)12-15-4-1-2-7-21(15)26/h1-11,14H,12H2,(H,28,29,30)/b17-11+. The number of carbonyl (C=O) groups is 1. The molecule has 2 aromatic carbocycles. The highest BCUT2D eigenvalue weighted by Gasteiger charge is 2.14. The lowest BCUT2D eigenvalue weighted by Crippen LogP contribution is -2.13. The Bertz CT molecular complexity index is 1350. The molecule has 2 aromatic heterocycles. The summed E-state index contributed by atoms with van der Waals surface area (Å²) in [6.45, 7) is 0. The zero-order chi connectivity index (χ0) is 22.5. The normalized spacial score (nSPS) is 11.2. The Hall–Kier alpha value is -3.37. The van der Waals surface area contributed by atoms with E-state index in [2.05, 4.69) is 10.3 Å². The summed E-state index contributed by atoms with van der Waals surface area (Å²) >= 11 is 13.6. The van der Waals surface area contributed by atoms with Crippen LogP contribution in [0.2, 0.25) is 10.0 Å². The molecule has 8 heteroatoms. The Morgan fingerprint density at radius 3 is 2.78 bits per heavy atom. The van der Waals surface area contributed by atoms with E-state index in [0.717, 1.165) is 16.0 Å². The van der Waals surface area contributed by atoms with E-state index in [9.17, 15) is 10.1 Å². The van der Waals surface area contributed by atoms with E-state index in [1.807, 2.05) is 42.5 Å². The molecule has 0 aliphatic carbocycles. The quantitative estimate of drug-likeness (QED) is 0.242. The number of nitrogens with one attached hydrogen (secondary N) is 1. The zero-order valence-corrected chi connectivity index (χ0v) is 18.8. The van der Waals surface area contributed by atoms with E-state index in [4.69, 9.17) is 27.6 Å². The number of hydrogen-bond acceptors (Lipinski definition) is 5. The monoisotopic (exact) mass is 479 g/mol. The van der Waals surface area contributed by atoms with Gasteiger partial charge in [0.2, 0.25) is 0 Å². The first-order valence-electron chi connectivity index (χ1n) is 9.49. The molecule has 4 rings (SSSR count). The Morgan fingerprint density at radius 1 is 1.16 bits per heavy atom. The molecule has 0 saturated carbocycles. The van der Waals surface area contributed by atoms with Gasteiger partial charge in [-0.3, -0.25) is 10.1 Å². The molecular weight excluding hydrogens is 465 g/mol. The molecule has 158 valence electrons. The van der Waals surface area contributed by atoms with Crippen molar-refractivity contribution in [3.05, 3.63) is 98.7 Å². The summed E-state index contributed by atoms with van der Waals surface area (Å²) in [5, 5.41) is 13.8. The summed E-state index contributed by atoms with van der Waals surface area (Å²) in [6, 6.07) is 20.1. The summed E-state index contributed by atoms with van der Waals surface area (Å²) in [6.07, 6.45) is 3.68. The van der Waals surface area contributed by atoms with Gasteiger partial charge in [0.1, 0.15) is 23.2 Å². The van der Waals surface area contributed by atoms with Crippen LogP contribution in [0, 0.1) is 11.3 Å². The van der Waals surface area contributed by atoms with Crippen LogP contribution in [0.1, 0.15) is 16.2 Å². The number of amides is 1. The van der Waals surface area contributed by atoms with Crippen LogP contribution in [-0.2, 0) is 11.2 Å². The van der Waals surface area contributed by atoms with Crippen LogP contribution < -0.4 is 5.32 Å². The third-order valence-electron chi connectivity index (χ3n) is 4.48.